The standard InChI is InChI=1S/C11H18N4O3/c1-8(16)15(18-2)10-4-3-9(5-12)14(6-10)7-11(13)17/h9-10H,3-4,6-7H2,1-2H3,(H2,13,17). The van der Waals surface area contributed by atoms with Crippen molar-refractivity contribution >= 4 is 11.8 Å². The number of nitriles is 1. The van der Waals surface area contributed by atoms with Gasteiger partial charge < -0.3 is 5.73 Å². The summed E-state index contributed by atoms with van der Waals surface area (Å²) in [5.41, 5.74) is 5.15. The lowest BCUT2D eigenvalue weighted by atomic mass is 9.98. The highest BCUT2D eigenvalue weighted by Crippen LogP contribution is 2.21. The Morgan fingerprint density at radius 1 is 1.56 bits per heavy atom. The Kier molecular flexibility index (Phi) is 5.07. The largest absolute Gasteiger partial charge is 0.369 e. The number of primary amides is 1. The summed E-state index contributed by atoms with van der Waals surface area (Å²) >= 11 is 0. The first-order valence-electron chi connectivity index (χ1n) is 5.75. The summed E-state index contributed by atoms with van der Waals surface area (Å²) in [5.74, 6) is -0.681. The van der Waals surface area contributed by atoms with Crippen LogP contribution in [0.4, 0.5) is 0 Å². The average Bonchev–Trinajstić information content (AvgIpc) is 2.29. The second-order valence-corrected chi connectivity index (χ2v) is 4.30. The van der Waals surface area contributed by atoms with Gasteiger partial charge in [0.2, 0.25) is 11.8 Å². The summed E-state index contributed by atoms with van der Waals surface area (Å²) in [7, 11) is 1.43. The molecule has 18 heavy (non-hydrogen) atoms. The molecule has 0 saturated carbocycles. The number of piperidine rings is 1. The molecule has 1 heterocycles. The third kappa shape index (κ3) is 3.42. The van der Waals surface area contributed by atoms with E-state index in [9.17, 15) is 9.59 Å². The molecule has 100 valence electrons. The van der Waals surface area contributed by atoms with Gasteiger partial charge in [0.15, 0.2) is 0 Å². The Morgan fingerprint density at radius 3 is 2.67 bits per heavy atom. The smallest absolute Gasteiger partial charge is 0.243 e. The average molecular weight is 254 g/mol. The van der Waals surface area contributed by atoms with Gasteiger partial charge in [0, 0.05) is 13.5 Å². The molecule has 1 aliphatic rings. The molecule has 2 amide bonds. The molecule has 0 bridgehead atoms. The lowest BCUT2D eigenvalue weighted by molar-refractivity contribution is -0.191. The van der Waals surface area contributed by atoms with E-state index in [4.69, 9.17) is 15.8 Å². The highest BCUT2D eigenvalue weighted by atomic mass is 16.7. The molecule has 7 nitrogen and oxygen atoms in total. The zero-order valence-corrected chi connectivity index (χ0v) is 10.6. The van der Waals surface area contributed by atoms with Crippen LogP contribution < -0.4 is 5.73 Å². The van der Waals surface area contributed by atoms with Gasteiger partial charge in [0.1, 0.15) is 0 Å². The zero-order valence-electron chi connectivity index (χ0n) is 10.6. The number of hydrogen-bond acceptors (Lipinski definition) is 5. The second kappa shape index (κ2) is 6.33. The van der Waals surface area contributed by atoms with Crippen LogP contribution in [-0.4, -0.2) is 54.1 Å². The molecule has 1 saturated heterocycles. The first kappa shape index (κ1) is 14.4. The minimum Gasteiger partial charge on any atom is -0.369 e. The van der Waals surface area contributed by atoms with Crippen molar-refractivity contribution < 1.29 is 14.4 Å². The van der Waals surface area contributed by atoms with Crippen molar-refractivity contribution in [3.63, 3.8) is 0 Å². The number of nitrogens with two attached hydrogens (primary N) is 1. The summed E-state index contributed by atoms with van der Waals surface area (Å²) in [5, 5.41) is 10.3. The maximum atomic E-state index is 11.4. The predicted molar refractivity (Wildman–Crippen MR) is 62.7 cm³/mol. The predicted octanol–water partition coefficient (Wildman–Crippen LogP) is -0.762. The van der Waals surface area contributed by atoms with Gasteiger partial charge in [0.05, 0.1) is 31.8 Å². The Hall–Kier alpha value is -1.65. The van der Waals surface area contributed by atoms with E-state index in [-0.39, 0.29) is 24.5 Å². The number of carbonyl (C=O) groups is 2. The lowest BCUT2D eigenvalue weighted by Crippen LogP contribution is -2.54. The molecule has 2 unspecified atom stereocenters. The van der Waals surface area contributed by atoms with E-state index in [1.165, 1.54) is 19.1 Å². The van der Waals surface area contributed by atoms with Gasteiger partial charge in [-0.3, -0.25) is 19.3 Å². The SMILES string of the molecule is CON(C(C)=O)C1CCC(C#N)N(CC(N)=O)C1. The maximum Gasteiger partial charge on any atom is 0.243 e. The maximum absolute atomic E-state index is 11.4. The first-order valence-corrected chi connectivity index (χ1v) is 5.75. The molecule has 2 N–H and O–H groups in total. The van der Waals surface area contributed by atoms with E-state index in [0.29, 0.717) is 19.4 Å². The first-order chi connectivity index (χ1) is 8.49. The van der Waals surface area contributed by atoms with Gasteiger partial charge in [-0.1, -0.05) is 0 Å². The fourth-order valence-electron chi connectivity index (χ4n) is 2.27. The molecule has 0 aromatic carbocycles. The summed E-state index contributed by atoms with van der Waals surface area (Å²) in [6, 6.07) is 1.65. The number of hydrogen-bond donors (Lipinski definition) is 1. The Balaban J connectivity index is 2.74. The molecule has 1 aliphatic heterocycles. The van der Waals surface area contributed by atoms with Gasteiger partial charge in [-0.05, 0) is 12.8 Å². The fourth-order valence-corrected chi connectivity index (χ4v) is 2.27. The van der Waals surface area contributed by atoms with E-state index in [2.05, 4.69) is 6.07 Å². The number of rotatable bonds is 4. The van der Waals surface area contributed by atoms with E-state index in [1.807, 2.05) is 0 Å². The normalized spacial score (nSPS) is 24.3. The number of likely N-dealkylation sites (tertiary alicyclic amines) is 1. The Bertz CT molecular complexity index is 366. The number of hydroxylamine groups is 2. The third-order valence-corrected chi connectivity index (χ3v) is 3.01. The van der Waals surface area contributed by atoms with Crippen LogP contribution in [0.2, 0.25) is 0 Å². The van der Waals surface area contributed by atoms with E-state index in [1.54, 1.807) is 4.90 Å². The van der Waals surface area contributed by atoms with Gasteiger partial charge in [-0.25, -0.2) is 5.06 Å². The van der Waals surface area contributed by atoms with Crippen molar-refractivity contribution in [2.24, 2.45) is 5.73 Å². The second-order valence-electron chi connectivity index (χ2n) is 4.30. The monoisotopic (exact) mass is 254 g/mol. The van der Waals surface area contributed by atoms with Crippen molar-refractivity contribution in [2.45, 2.75) is 31.8 Å². The van der Waals surface area contributed by atoms with Crippen LogP contribution in [0, 0.1) is 11.3 Å². The number of carbonyl (C=O) groups excluding carboxylic acids is 2. The van der Waals surface area contributed by atoms with Crippen LogP contribution in [-0.2, 0) is 14.4 Å². The highest BCUT2D eigenvalue weighted by molar-refractivity contribution is 5.76. The van der Waals surface area contributed by atoms with E-state index >= 15 is 0 Å². The molecule has 2 atom stereocenters. The summed E-state index contributed by atoms with van der Waals surface area (Å²) in [4.78, 5) is 29.1. The molecule has 7 heteroatoms. The number of amides is 2. The van der Waals surface area contributed by atoms with Crippen LogP contribution in [0.1, 0.15) is 19.8 Å². The van der Waals surface area contributed by atoms with Crippen molar-refractivity contribution in [3.05, 3.63) is 0 Å². The van der Waals surface area contributed by atoms with Crippen LogP contribution in [0.25, 0.3) is 0 Å². The molecule has 0 spiro atoms. The summed E-state index contributed by atoms with van der Waals surface area (Å²) < 4.78 is 0. The highest BCUT2D eigenvalue weighted by Gasteiger charge is 2.33. The molecule has 0 aromatic heterocycles. The molecule has 0 aliphatic carbocycles. The van der Waals surface area contributed by atoms with E-state index < -0.39 is 5.91 Å². The number of nitrogens with zero attached hydrogens (tertiary/aromatic N) is 3. The topological polar surface area (TPSA) is 99.7 Å². The molecular weight excluding hydrogens is 236 g/mol. The van der Waals surface area contributed by atoms with Crippen molar-refractivity contribution in [2.75, 3.05) is 20.2 Å². The molecule has 0 radical (unpaired) electrons. The van der Waals surface area contributed by atoms with Gasteiger partial charge in [-0.15, -0.1) is 0 Å². The Morgan fingerprint density at radius 2 is 2.22 bits per heavy atom. The van der Waals surface area contributed by atoms with Crippen LogP contribution in [0.15, 0.2) is 0 Å². The molecule has 0 aromatic rings. The van der Waals surface area contributed by atoms with Gasteiger partial charge >= 0.3 is 0 Å². The summed E-state index contributed by atoms with van der Waals surface area (Å²) in [6.45, 7) is 1.84. The minimum atomic E-state index is -0.484. The van der Waals surface area contributed by atoms with Gasteiger partial charge in [0.25, 0.3) is 0 Å². The van der Waals surface area contributed by atoms with E-state index in [0.717, 1.165) is 0 Å². The fraction of sp³-hybridized carbons (Fsp3) is 0.727. The van der Waals surface area contributed by atoms with Crippen LogP contribution >= 0.6 is 0 Å². The molecule has 1 fully saturated rings. The minimum absolute atomic E-state index is 0.0180. The van der Waals surface area contributed by atoms with Gasteiger partial charge in [-0.2, -0.15) is 5.26 Å². The Labute approximate surface area is 106 Å². The van der Waals surface area contributed by atoms with Crippen molar-refractivity contribution in [1.82, 2.24) is 9.96 Å². The van der Waals surface area contributed by atoms with Crippen molar-refractivity contribution in [3.8, 4) is 6.07 Å². The van der Waals surface area contributed by atoms with Crippen molar-refractivity contribution in [1.29, 1.82) is 5.26 Å². The summed E-state index contributed by atoms with van der Waals surface area (Å²) in [6.07, 6.45) is 1.25. The third-order valence-electron chi connectivity index (χ3n) is 3.01. The van der Waals surface area contributed by atoms with Crippen LogP contribution in [0.3, 0.4) is 0 Å². The lowest BCUT2D eigenvalue weighted by Gasteiger charge is -2.39. The zero-order chi connectivity index (χ0) is 13.7. The molecular formula is C11H18N4O3. The van der Waals surface area contributed by atoms with Crippen LogP contribution in [0.5, 0.6) is 0 Å². The quantitative estimate of drug-likeness (QED) is 0.665. The molecule has 1 rings (SSSR count).